The molecule has 0 aliphatic heterocycles. The number of carbonyl (C=O) groups excluding carboxylic acids is 1. The molecule has 0 aromatic heterocycles. The third-order valence-corrected chi connectivity index (χ3v) is 2.83. The van der Waals surface area contributed by atoms with Crippen LogP contribution in [0.15, 0.2) is 53.7 Å². The maximum absolute atomic E-state index is 11.8. The fraction of sp³-hybridized carbons (Fsp3) is 0.125. The zero-order valence-corrected chi connectivity index (χ0v) is 12.0. The van der Waals surface area contributed by atoms with Gasteiger partial charge < -0.3 is 20.0 Å². The lowest BCUT2D eigenvalue weighted by Crippen LogP contribution is -2.20. The van der Waals surface area contributed by atoms with Crippen molar-refractivity contribution in [3.63, 3.8) is 0 Å². The highest BCUT2D eigenvalue weighted by Crippen LogP contribution is 2.15. The average Bonchev–Trinajstić information content (AvgIpc) is 2.55. The lowest BCUT2D eigenvalue weighted by molar-refractivity contribution is -0.118. The average molecular weight is 300 g/mol. The molecule has 0 aliphatic carbocycles. The van der Waals surface area contributed by atoms with Gasteiger partial charge >= 0.3 is 0 Å². The van der Waals surface area contributed by atoms with E-state index in [1.807, 2.05) is 0 Å². The molecule has 0 atom stereocenters. The van der Waals surface area contributed by atoms with E-state index >= 15 is 0 Å². The van der Waals surface area contributed by atoms with Crippen molar-refractivity contribution < 1.29 is 19.5 Å². The van der Waals surface area contributed by atoms with Crippen LogP contribution >= 0.6 is 0 Å². The number of nitrogens with zero attached hydrogens (tertiary/aromatic N) is 1. The smallest absolute Gasteiger partial charge is 0.262 e. The Morgan fingerprint density at radius 2 is 1.77 bits per heavy atom. The first-order valence-corrected chi connectivity index (χ1v) is 6.55. The van der Waals surface area contributed by atoms with Gasteiger partial charge in [0.05, 0.1) is 13.3 Å². The van der Waals surface area contributed by atoms with Crippen molar-refractivity contribution in [2.45, 2.75) is 0 Å². The van der Waals surface area contributed by atoms with Crippen molar-refractivity contribution in [3.05, 3.63) is 54.1 Å². The molecule has 1 amide bonds. The molecule has 0 aliphatic rings. The first kappa shape index (κ1) is 15.4. The predicted molar refractivity (Wildman–Crippen MR) is 82.9 cm³/mol. The van der Waals surface area contributed by atoms with Gasteiger partial charge in [-0.1, -0.05) is 5.16 Å². The molecule has 22 heavy (non-hydrogen) atoms. The maximum Gasteiger partial charge on any atom is 0.262 e. The van der Waals surface area contributed by atoms with Crippen LogP contribution in [0.2, 0.25) is 0 Å². The first-order chi connectivity index (χ1) is 10.7. The number of benzene rings is 2. The second-order valence-electron chi connectivity index (χ2n) is 4.38. The number of hydrogen-bond acceptors (Lipinski definition) is 5. The normalized spacial score (nSPS) is 10.4. The molecule has 2 aromatic rings. The van der Waals surface area contributed by atoms with Gasteiger partial charge in [-0.05, 0) is 54.1 Å². The Balaban J connectivity index is 1.83. The Morgan fingerprint density at radius 3 is 2.36 bits per heavy atom. The van der Waals surface area contributed by atoms with E-state index in [2.05, 4.69) is 10.5 Å². The fourth-order valence-electron chi connectivity index (χ4n) is 1.74. The second kappa shape index (κ2) is 7.68. The minimum absolute atomic E-state index is 0.0978. The van der Waals surface area contributed by atoms with E-state index in [0.717, 1.165) is 11.3 Å². The summed E-state index contributed by atoms with van der Waals surface area (Å²) < 4.78 is 10.4. The van der Waals surface area contributed by atoms with Gasteiger partial charge in [-0.3, -0.25) is 4.79 Å². The molecule has 0 saturated heterocycles. The standard InChI is InChI=1S/C16H16N2O4/c1-21-14-8-4-13(5-9-14)18-16(19)11-22-15-6-2-12(3-7-15)10-17-20/h2-10,20H,11H2,1H3,(H,18,19)/b17-10+. The third kappa shape index (κ3) is 4.52. The third-order valence-electron chi connectivity index (χ3n) is 2.83. The summed E-state index contributed by atoms with van der Waals surface area (Å²) in [6, 6.07) is 13.8. The number of anilines is 1. The molecule has 2 rings (SSSR count). The van der Waals surface area contributed by atoms with E-state index in [1.165, 1.54) is 6.21 Å². The van der Waals surface area contributed by atoms with Crippen LogP contribution < -0.4 is 14.8 Å². The monoisotopic (exact) mass is 300 g/mol. The van der Waals surface area contributed by atoms with E-state index < -0.39 is 0 Å². The number of hydrogen-bond donors (Lipinski definition) is 2. The molecule has 0 bridgehead atoms. The van der Waals surface area contributed by atoms with Crippen LogP contribution in [0.3, 0.4) is 0 Å². The summed E-state index contributed by atoms with van der Waals surface area (Å²) in [5, 5.41) is 14.1. The largest absolute Gasteiger partial charge is 0.497 e. The van der Waals surface area contributed by atoms with Crippen molar-refractivity contribution in [1.29, 1.82) is 0 Å². The van der Waals surface area contributed by atoms with Crippen LogP contribution in [-0.2, 0) is 4.79 Å². The topological polar surface area (TPSA) is 80.2 Å². The quantitative estimate of drug-likeness (QED) is 0.488. The Hall–Kier alpha value is -3.02. The highest BCUT2D eigenvalue weighted by atomic mass is 16.5. The summed E-state index contributed by atoms with van der Waals surface area (Å²) in [5.74, 6) is 1.02. The molecule has 0 saturated carbocycles. The lowest BCUT2D eigenvalue weighted by Gasteiger charge is -2.08. The van der Waals surface area contributed by atoms with E-state index in [9.17, 15) is 4.79 Å². The van der Waals surface area contributed by atoms with Gasteiger partial charge in [0.2, 0.25) is 0 Å². The van der Waals surface area contributed by atoms with Gasteiger partial charge in [0, 0.05) is 5.69 Å². The number of carbonyl (C=O) groups is 1. The Labute approximate surface area is 128 Å². The summed E-state index contributed by atoms with van der Waals surface area (Å²) >= 11 is 0. The number of methoxy groups -OCH3 is 1. The molecule has 6 nitrogen and oxygen atoms in total. The van der Waals surface area contributed by atoms with Crippen LogP contribution in [0.4, 0.5) is 5.69 Å². The van der Waals surface area contributed by atoms with Crippen molar-refractivity contribution >= 4 is 17.8 Å². The fourth-order valence-corrected chi connectivity index (χ4v) is 1.74. The van der Waals surface area contributed by atoms with Gasteiger partial charge in [-0.25, -0.2) is 0 Å². The van der Waals surface area contributed by atoms with E-state index in [4.69, 9.17) is 14.7 Å². The zero-order chi connectivity index (χ0) is 15.8. The molecule has 2 N–H and O–H groups in total. The maximum atomic E-state index is 11.8. The summed E-state index contributed by atoms with van der Waals surface area (Å²) in [6.45, 7) is -0.0978. The molecule has 6 heteroatoms. The van der Waals surface area contributed by atoms with Crippen LogP contribution in [-0.4, -0.2) is 31.0 Å². The van der Waals surface area contributed by atoms with E-state index in [0.29, 0.717) is 11.4 Å². The molecular formula is C16H16N2O4. The van der Waals surface area contributed by atoms with Crippen LogP contribution in [0.5, 0.6) is 11.5 Å². The van der Waals surface area contributed by atoms with E-state index in [-0.39, 0.29) is 12.5 Å². The Bertz CT molecular complexity index is 636. The lowest BCUT2D eigenvalue weighted by atomic mass is 10.2. The summed E-state index contributed by atoms with van der Waals surface area (Å²) in [6.07, 6.45) is 1.31. The van der Waals surface area contributed by atoms with Gasteiger partial charge in [0.15, 0.2) is 6.61 Å². The summed E-state index contributed by atoms with van der Waals surface area (Å²) in [7, 11) is 1.58. The van der Waals surface area contributed by atoms with Crippen molar-refractivity contribution in [2.24, 2.45) is 5.16 Å². The highest BCUT2D eigenvalue weighted by Gasteiger charge is 2.04. The molecule has 0 radical (unpaired) electrons. The van der Waals surface area contributed by atoms with Gasteiger partial charge in [0.25, 0.3) is 5.91 Å². The Kier molecular flexibility index (Phi) is 5.37. The van der Waals surface area contributed by atoms with Gasteiger partial charge in [0.1, 0.15) is 11.5 Å². The minimum Gasteiger partial charge on any atom is -0.497 e. The molecule has 0 spiro atoms. The Morgan fingerprint density at radius 1 is 1.14 bits per heavy atom. The van der Waals surface area contributed by atoms with Crippen LogP contribution in [0.25, 0.3) is 0 Å². The van der Waals surface area contributed by atoms with Gasteiger partial charge in [-0.2, -0.15) is 0 Å². The van der Waals surface area contributed by atoms with E-state index in [1.54, 1.807) is 55.6 Å². The first-order valence-electron chi connectivity index (χ1n) is 6.55. The number of amides is 1. The second-order valence-corrected chi connectivity index (χ2v) is 4.38. The van der Waals surface area contributed by atoms with Gasteiger partial charge in [-0.15, -0.1) is 0 Å². The molecule has 114 valence electrons. The molecule has 0 unspecified atom stereocenters. The van der Waals surface area contributed by atoms with Crippen molar-refractivity contribution in [2.75, 3.05) is 19.0 Å². The summed E-state index contributed by atoms with van der Waals surface area (Å²) in [5.41, 5.74) is 1.40. The molecular weight excluding hydrogens is 284 g/mol. The number of oxime groups is 1. The highest BCUT2D eigenvalue weighted by molar-refractivity contribution is 5.91. The number of rotatable bonds is 6. The minimum atomic E-state index is -0.258. The molecule has 0 fully saturated rings. The molecule has 2 aromatic carbocycles. The summed E-state index contributed by atoms with van der Waals surface area (Å²) in [4.78, 5) is 11.8. The zero-order valence-electron chi connectivity index (χ0n) is 12.0. The molecule has 0 heterocycles. The van der Waals surface area contributed by atoms with Crippen molar-refractivity contribution in [3.8, 4) is 11.5 Å². The van der Waals surface area contributed by atoms with Crippen LogP contribution in [0.1, 0.15) is 5.56 Å². The number of ether oxygens (including phenoxy) is 2. The SMILES string of the molecule is COc1ccc(NC(=O)COc2ccc(/C=N/O)cc2)cc1. The van der Waals surface area contributed by atoms with Crippen LogP contribution in [0, 0.1) is 0 Å². The number of nitrogens with one attached hydrogen (secondary N) is 1. The predicted octanol–water partition coefficient (Wildman–Crippen LogP) is 2.52. The van der Waals surface area contributed by atoms with Crippen molar-refractivity contribution in [1.82, 2.24) is 0 Å².